The Balaban J connectivity index is 2.18. The van der Waals surface area contributed by atoms with Gasteiger partial charge in [0, 0.05) is 12.6 Å². The average molecular weight is 212 g/mol. The second-order valence-corrected chi connectivity index (χ2v) is 5.15. The minimum Gasteiger partial charge on any atom is -0.717 e. The molecule has 0 aromatic heterocycles. The predicted octanol–water partition coefficient (Wildman–Crippen LogP) is 0.781. The van der Waals surface area contributed by atoms with Gasteiger partial charge in [-0.3, -0.25) is 0 Å². The van der Waals surface area contributed by atoms with Gasteiger partial charge in [0.15, 0.2) is 0 Å². The number of hydrogen-bond donors (Lipinski definition) is 1. The Labute approximate surface area is 88.1 Å². The van der Waals surface area contributed by atoms with E-state index in [0.717, 1.165) is 0 Å². The molecule has 1 saturated heterocycles. The molecule has 2 rings (SSSR count). The highest BCUT2D eigenvalue weighted by Crippen LogP contribution is 2.25. The minimum atomic E-state index is 0.148. The fraction of sp³-hybridized carbons (Fsp3) is 0.333. The Morgan fingerprint density at radius 2 is 2.08 bits per heavy atom. The fourth-order valence-corrected chi connectivity index (χ4v) is 3.07. The van der Waals surface area contributed by atoms with Crippen LogP contribution in [-0.4, -0.2) is 16.8 Å². The van der Waals surface area contributed by atoms with Crippen molar-refractivity contribution in [3.05, 3.63) is 35.9 Å². The molecule has 2 atom stereocenters. The normalized spacial score (nSPS) is 29.4. The Morgan fingerprint density at radius 3 is 2.62 bits per heavy atom. The molecule has 4 heteroatoms. The summed E-state index contributed by atoms with van der Waals surface area (Å²) in [6.07, 6.45) is 0. The van der Waals surface area contributed by atoms with Gasteiger partial charge in [-0.05, 0) is 11.8 Å². The van der Waals surface area contributed by atoms with Gasteiger partial charge < -0.3 is 12.6 Å². The number of thiol groups is 1. The van der Waals surface area contributed by atoms with Gasteiger partial charge in [-0.25, -0.2) is 5.43 Å². The van der Waals surface area contributed by atoms with E-state index in [1.165, 1.54) is 17.3 Å². The second kappa shape index (κ2) is 3.92. The van der Waals surface area contributed by atoms with E-state index in [9.17, 15) is 0 Å². The summed E-state index contributed by atoms with van der Waals surface area (Å²) in [4.78, 5) is 0. The molecule has 1 N–H and O–H groups in total. The van der Waals surface area contributed by atoms with Crippen LogP contribution in [0.1, 0.15) is 10.9 Å². The molecular formula is C9H12N2S2. The Hall–Kier alpha value is -0.160. The van der Waals surface area contributed by atoms with Crippen molar-refractivity contribution in [3.63, 3.8) is 0 Å². The Morgan fingerprint density at radius 1 is 1.38 bits per heavy atom. The molecule has 0 amide bonds. The zero-order chi connectivity index (χ0) is 9.26. The van der Waals surface area contributed by atoms with Crippen LogP contribution >= 0.6 is 0 Å². The first kappa shape index (κ1) is 9.40. The van der Waals surface area contributed by atoms with E-state index in [1.807, 2.05) is 13.1 Å². The lowest BCUT2D eigenvalue weighted by Gasteiger charge is -2.13. The van der Waals surface area contributed by atoms with E-state index in [2.05, 4.69) is 34.7 Å². The van der Waals surface area contributed by atoms with Crippen molar-refractivity contribution in [1.29, 1.82) is 0 Å². The predicted molar refractivity (Wildman–Crippen MR) is 60.0 cm³/mol. The number of hydrogen-bond acceptors (Lipinski definition) is 3. The molecule has 2 unspecified atom stereocenters. The summed E-state index contributed by atoms with van der Waals surface area (Å²) in [7, 11) is 2.04. The van der Waals surface area contributed by atoms with Gasteiger partial charge in [0.25, 0.3) is 0 Å². The standard InChI is InChI=1S/C9H12N2S2/c1-11-8(13-9(12)10-11)7-5-3-2-4-6-7/h2-6,8-10,12H,1H3. The van der Waals surface area contributed by atoms with E-state index >= 15 is 0 Å². The van der Waals surface area contributed by atoms with Crippen LogP contribution in [0.2, 0.25) is 0 Å². The van der Waals surface area contributed by atoms with E-state index in [0.29, 0.717) is 5.37 Å². The lowest BCUT2D eigenvalue weighted by molar-refractivity contribution is 0.254. The summed E-state index contributed by atoms with van der Waals surface area (Å²) in [5.41, 5.74) is 4.53. The van der Waals surface area contributed by atoms with Crippen molar-refractivity contribution in [3.8, 4) is 0 Å². The highest BCUT2D eigenvalue weighted by molar-refractivity contribution is 7.90. The molecule has 0 spiro atoms. The average Bonchev–Trinajstić information content (AvgIpc) is 2.47. The highest BCUT2D eigenvalue weighted by atomic mass is 32.2. The van der Waals surface area contributed by atoms with Crippen LogP contribution in [0.15, 0.2) is 30.3 Å². The molecule has 0 saturated carbocycles. The molecular weight excluding hydrogens is 200 g/mol. The van der Waals surface area contributed by atoms with Crippen LogP contribution in [0.25, 0.3) is 0 Å². The quantitative estimate of drug-likeness (QED) is 0.421. The van der Waals surface area contributed by atoms with Gasteiger partial charge in [0.1, 0.15) is 0 Å². The summed E-state index contributed by atoms with van der Waals surface area (Å²) in [6.45, 7) is 0. The van der Waals surface area contributed by atoms with Crippen molar-refractivity contribution in [2.45, 2.75) is 10.1 Å². The fourth-order valence-electron chi connectivity index (χ4n) is 1.44. The molecule has 1 aliphatic rings. The molecule has 0 bridgehead atoms. The van der Waals surface area contributed by atoms with Gasteiger partial charge in [-0.2, -0.15) is 5.01 Å². The van der Waals surface area contributed by atoms with Crippen molar-refractivity contribution in [2.24, 2.45) is 0 Å². The minimum absolute atomic E-state index is 0.148. The van der Waals surface area contributed by atoms with Crippen LogP contribution in [0, 0.1) is 0 Å². The Bertz CT molecular complexity index is 278. The van der Waals surface area contributed by atoms with Gasteiger partial charge in [-0.1, -0.05) is 30.3 Å². The summed E-state index contributed by atoms with van der Waals surface area (Å²) < 4.78 is 0.148. The summed E-state index contributed by atoms with van der Waals surface area (Å²) in [5, 5.41) is 2.50. The van der Waals surface area contributed by atoms with Crippen LogP contribution in [-0.2, 0) is 24.4 Å². The highest BCUT2D eigenvalue weighted by Gasteiger charge is 2.31. The van der Waals surface area contributed by atoms with Gasteiger partial charge >= 0.3 is 0 Å². The molecule has 70 valence electrons. The molecule has 0 aliphatic carbocycles. The van der Waals surface area contributed by atoms with Crippen LogP contribution < -0.4 is 5.43 Å². The molecule has 1 aromatic rings. The third kappa shape index (κ3) is 2.02. The van der Waals surface area contributed by atoms with Gasteiger partial charge in [-0.15, -0.1) is 0 Å². The van der Waals surface area contributed by atoms with Crippen LogP contribution in [0.3, 0.4) is 0 Å². The number of nitrogens with one attached hydrogen (secondary N) is 1. The topological polar surface area (TPSA) is 15.3 Å². The molecule has 2 nitrogen and oxygen atoms in total. The number of nitrogens with zero attached hydrogens (tertiary/aromatic N) is 1. The summed E-state index contributed by atoms with van der Waals surface area (Å²) in [6, 6.07) is 10.4. The first-order valence-corrected chi connectivity index (χ1v) is 5.67. The number of benzene rings is 1. The molecule has 1 fully saturated rings. The molecule has 0 radical (unpaired) electrons. The van der Waals surface area contributed by atoms with Crippen molar-refractivity contribution >= 4 is 24.4 Å². The first-order chi connectivity index (χ1) is 6.27. The van der Waals surface area contributed by atoms with Crippen LogP contribution in [0.4, 0.5) is 0 Å². The van der Waals surface area contributed by atoms with Crippen LogP contribution in [0.5, 0.6) is 0 Å². The molecule has 1 aromatic carbocycles. The smallest absolute Gasteiger partial charge is 0.207 e. The second-order valence-electron chi connectivity index (χ2n) is 3.03. The first-order valence-electron chi connectivity index (χ1n) is 4.17. The maximum Gasteiger partial charge on any atom is 0.207 e. The van der Waals surface area contributed by atoms with E-state index < -0.39 is 0 Å². The summed E-state index contributed by atoms with van der Waals surface area (Å²) >= 11 is 6.45. The van der Waals surface area contributed by atoms with E-state index in [4.69, 9.17) is 12.6 Å². The van der Waals surface area contributed by atoms with Crippen molar-refractivity contribution in [2.75, 3.05) is 7.05 Å². The lowest BCUT2D eigenvalue weighted by atomic mass is 10.2. The third-order valence-corrected chi connectivity index (χ3v) is 3.84. The van der Waals surface area contributed by atoms with Crippen molar-refractivity contribution < 1.29 is 0 Å². The molecule has 1 heterocycles. The number of rotatable bonds is 1. The van der Waals surface area contributed by atoms with E-state index in [-0.39, 0.29) is 4.71 Å². The number of hydrazine groups is 1. The molecule has 1 aliphatic heterocycles. The van der Waals surface area contributed by atoms with E-state index in [1.54, 1.807) is 0 Å². The Kier molecular flexibility index (Phi) is 2.83. The van der Waals surface area contributed by atoms with Gasteiger partial charge in [0.05, 0.1) is 4.71 Å². The molecule has 13 heavy (non-hydrogen) atoms. The maximum atomic E-state index is 5.19. The zero-order valence-electron chi connectivity index (χ0n) is 7.34. The summed E-state index contributed by atoms with van der Waals surface area (Å²) in [5.74, 6) is 0. The maximum absolute atomic E-state index is 5.19. The zero-order valence-corrected chi connectivity index (χ0v) is 9.06. The van der Waals surface area contributed by atoms with Gasteiger partial charge in [0.2, 0.25) is 5.37 Å². The third-order valence-electron chi connectivity index (χ3n) is 2.06. The van der Waals surface area contributed by atoms with Crippen molar-refractivity contribution in [1.82, 2.24) is 10.4 Å². The monoisotopic (exact) mass is 212 g/mol. The lowest BCUT2D eigenvalue weighted by Crippen LogP contribution is -2.31. The largest absolute Gasteiger partial charge is 0.717 e. The SMILES string of the molecule is CN1NC([S-])[SH+]C1c1ccccc1.